The zero-order valence-corrected chi connectivity index (χ0v) is 13.1. The molecule has 2 fully saturated rings. The van der Waals surface area contributed by atoms with Crippen LogP contribution >= 0.6 is 0 Å². The molecule has 0 spiro atoms. The second-order valence-electron chi connectivity index (χ2n) is 6.51. The second kappa shape index (κ2) is 6.14. The highest BCUT2D eigenvalue weighted by Crippen LogP contribution is 2.30. The fourth-order valence-electron chi connectivity index (χ4n) is 3.35. The Labute approximate surface area is 135 Å². The number of benzene rings is 1. The van der Waals surface area contributed by atoms with Crippen LogP contribution in [0, 0.1) is 5.92 Å². The van der Waals surface area contributed by atoms with Crippen molar-refractivity contribution in [2.24, 2.45) is 5.92 Å². The molecular weight excluding hydrogens is 290 g/mol. The Morgan fingerprint density at radius 3 is 2.65 bits per heavy atom. The van der Waals surface area contributed by atoms with Gasteiger partial charge >= 0.3 is 0 Å². The summed E-state index contributed by atoms with van der Waals surface area (Å²) in [5, 5.41) is 10.2. The number of rotatable bonds is 3. The molecule has 2 heterocycles. The zero-order chi connectivity index (χ0) is 15.6. The SMILES string of the molecule is O=C(C1CCC1)N1CCC(Oc2nncc3ccccc23)CC1. The summed E-state index contributed by atoms with van der Waals surface area (Å²) >= 11 is 0. The third kappa shape index (κ3) is 2.87. The Morgan fingerprint density at radius 2 is 1.91 bits per heavy atom. The van der Waals surface area contributed by atoms with E-state index in [2.05, 4.69) is 10.2 Å². The molecule has 0 atom stereocenters. The van der Waals surface area contributed by atoms with Crippen molar-refractivity contribution >= 4 is 16.7 Å². The van der Waals surface area contributed by atoms with Gasteiger partial charge in [0.2, 0.25) is 11.8 Å². The lowest BCUT2D eigenvalue weighted by Crippen LogP contribution is -2.45. The van der Waals surface area contributed by atoms with Crippen LogP contribution in [0.15, 0.2) is 30.5 Å². The fraction of sp³-hybridized carbons (Fsp3) is 0.500. The molecule has 0 unspecified atom stereocenters. The van der Waals surface area contributed by atoms with Gasteiger partial charge in [-0.1, -0.05) is 24.6 Å². The normalized spacial score (nSPS) is 19.6. The number of carbonyl (C=O) groups is 1. The van der Waals surface area contributed by atoms with Crippen molar-refractivity contribution in [3.05, 3.63) is 30.5 Å². The van der Waals surface area contributed by atoms with E-state index in [1.54, 1.807) is 6.20 Å². The molecule has 2 aromatic rings. The number of carbonyl (C=O) groups excluding carboxylic acids is 1. The summed E-state index contributed by atoms with van der Waals surface area (Å²) in [5.74, 6) is 1.24. The number of amides is 1. The summed E-state index contributed by atoms with van der Waals surface area (Å²) in [6, 6.07) is 7.99. The van der Waals surface area contributed by atoms with Crippen LogP contribution < -0.4 is 4.74 Å². The van der Waals surface area contributed by atoms with Gasteiger partial charge in [0.25, 0.3) is 0 Å². The molecule has 1 saturated carbocycles. The first-order chi connectivity index (χ1) is 11.3. The van der Waals surface area contributed by atoms with E-state index in [0.717, 1.165) is 49.5 Å². The zero-order valence-electron chi connectivity index (χ0n) is 13.1. The molecule has 1 amide bonds. The second-order valence-corrected chi connectivity index (χ2v) is 6.51. The van der Waals surface area contributed by atoms with Gasteiger partial charge in [-0.05, 0) is 18.9 Å². The van der Waals surface area contributed by atoms with E-state index in [9.17, 15) is 4.79 Å². The van der Waals surface area contributed by atoms with Gasteiger partial charge in [0.1, 0.15) is 6.10 Å². The summed E-state index contributed by atoms with van der Waals surface area (Å²) in [7, 11) is 0. The van der Waals surface area contributed by atoms with E-state index in [1.165, 1.54) is 6.42 Å². The van der Waals surface area contributed by atoms with Crippen LogP contribution in [-0.2, 0) is 4.79 Å². The highest BCUT2D eigenvalue weighted by Gasteiger charge is 2.32. The molecular formula is C18H21N3O2. The van der Waals surface area contributed by atoms with Gasteiger partial charge in [0, 0.05) is 42.6 Å². The van der Waals surface area contributed by atoms with Crippen molar-refractivity contribution in [2.75, 3.05) is 13.1 Å². The van der Waals surface area contributed by atoms with Crippen molar-refractivity contribution in [3.63, 3.8) is 0 Å². The van der Waals surface area contributed by atoms with E-state index in [1.807, 2.05) is 29.2 Å². The average Bonchev–Trinajstić information content (AvgIpc) is 2.54. The molecule has 1 aromatic carbocycles. The van der Waals surface area contributed by atoms with Gasteiger partial charge in [-0.3, -0.25) is 4.79 Å². The summed E-state index contributed by atoms with van der Waals surface area (Å²) in [6.07, 6.45) is 6.94. The molecule has 0 N–H and O–H groups in total. The Balaban J connectivity index is 1.40. The molecule has 5 heteroatoms. The first-order valence-corrected chi connectivity index (χ1v) is 8.47. The highest BCUT2D eigenvalue weighted by molar-refractivity contribution is 5.85. The molecule has 1 aliphatic heterocycles. The lowest BCUT2D eigenvalue weighted by atomic mass is 9.84. The molecule has 5 nitrogen and oxygen atoms in total. The van der Waals surface area contributed by atoms with Gasteiger partial charge in [-0.2, -0.15) is 5.10 Å². The Kier molecular flexibility index (Phi) is 3.85. The van der Waals surface area contributed by atoms with Crippen LogP contribution in [0.25, 0.3) is 10.8 Å². The van der Waals surface area contributed by atoms with Crippen LogP contribution in [0.1, 0.15) is 32.1 Å². The molecule has 120 valence electrons. The minimum atomic E-state index is 0.112. The number of aromatic nitrogens is 2. The van der Waals surface area contributed by atoms with Crippen LogP contribution in [0.4, 0.5) is 0 Å². The van der Waals surface area contributed by atoms with Crippen molar-refractivity contribution in [2.45, 2.75) is 38.2 Å². The first kappa shape index (κ1) is 14.4. The Morgan fingerprint density at radius 1 is 1.13 bits per heavy atom. The van der Waals surface area contributed by atoms with Crippen molar-refractivity contribution in [1.29, 1.82) is 0 Å². The summed E-state index contributed by atoms with van der Waals surface area (Å²) in [4.78, 5) is 14.3. The van der Waals surface area contributed by atoms with Crippen LogP contribution in [0.2, 0.25) is 0 Å². The maximum Gasteiger partial charge on any atom is 0.241 e. The minimum absolute atomic E-state index is 0.112. The topological polar surface area (TPSA) is 55.3 Å². The fourth-order valence-corrected chi connectivity index (χ4v) is 3.35. The third-order valence-corrected chi connectivity index (χ3v) is 5.02. The monoisotopic (exact) mass is 311 g/mol. The number of ether oxygens (including phenoxy) is 1. The molecule has 0 radical (unpaired) electrons. The molecule has 0 bridgehead atoms. The van der Waals surface area contributed by atoms with Crippen LogP contribution in [0.3, 0.4) is 0 Å². The smallest absolute Gasteiger partial charge is 0.241 e. The largest absolute Gasteiger partial charge is 0.473 e. The van der Waals surface area contributed by atoms with Crippen molar-refractivity contribution in [1.82, 2.24) is 15.1 Å². The van der Waals surface area contributed by atoms with E-state index in [-0.39, 0.29) is 12.0 Å². The predicted molar refractivity (Wildman–Crippen MR) is 87.1 cm³/mol. The van der Waals surface area contributed by atoms with Crippen LogP contribution in [-0.4, -0.2) is 40.2 Å². The molecule has 1 aliphatic carbocycles. The quantitative estimate of drug-likeness (QED) is 0.874. The molecule has 4 rings (SSSR count). The maximum absolute atomic E-state index is 12.3. The van der Waals surface area contributed by atoms with Crippen LogP contribution in [0.5, 0.6) is 5.88 Å². The van der Waals surface area contributed by atoms with Gasteiger partial charge in [-0.15, -0.1) is 5.10 Å². The van der Waals surface area contributed by atoms with E-state index in [4.69, 9.17) is 4.74 Å². The molecule has 1 aromatic heterocycles. The van der Waals surface area contributed by atoms with Crippen molar-refractivity contribution in [3.8, 4) is 5.88 Å². The van der Waals surface area contributed by atoms with E-state index < -0.39 is 0 Å². The molecule has 1 saturated heterocycles. The number of hydrogen-bond acceptors (Lipinski definition) is 4. The minimum Gasteiger partial charge on any atom is -0.473 e. The van der Waals surface area contributed by atoms with Gasteiger partial charge < -0.3 is 9.64 Å². The maximum atomic E-state index is 12.3. The highest BCUT2D eigenvalue weighted by atomic mass is 16.5. The summed E-state index contributed by atoms with van der Waals surface area (Å²) in [5.41, 5.74) is 0. The standard InChI is InChI=1S/C18H21N3O2/c22-18(13-5-3-6-13)21-10-8-15(9-11-21)23-17-16-7-2-1-4-14(16)12-19-20-17/h1-2,4,7,12-13,15H,3,5-6,8-11H2. The third-order valence-electron chi connectivity index (χ3n) is 5.02. The first-order valence-electron chi connectivity index (χ1n) is 8.47. The summed E-state index contributed by atoms with van der Waals surface area (Å²) < 4.78 is 6.09. The number of nitrogens with zero attached hydrogens (tertiary/aromatic N) is 3. The summed E-state index contributed by atoms with van der Waals surface area (Å²) in [6.45, 7) is 1.58. The van der Waals surface area contributed by atoms with E-state index in [0.29, 0.717) is 11.8 Å². The van der Waals surface area contributed by atoms with Gasteiger partial charge in [-0.25, -0.2) is 0 Å². The number of likely N-dealkylation sites (tertiary alicyclic amines) is 1. The van der Waals surface area contributed by atoms with Gasteiger partial charge in [0.05, 0.1) is 6.20 Å². The number of fused-ring (bicyclic) bond motifs is 1. The molecule has 23 heavy (non-hydrogen) atoms. The lowest BCUT2D eigenvalue weighted by molar-refractivity contribution is -0.140. The predicted octanol–water partition coefficient (Wildman–Crippen LogP) is 2.80. The number of hydrogen-bond donors (Lipinski definition) is 0. The Hall–Kier alpha value is -2.17. The average molecular weight is 311 g/mol. The van der Waals surface area contributed by atoms with Gasteiger partial charge in [0.15, 0.2) is 0 Å². The lowest BCUT2D eigenvalue weighted by Gasteiger charge is -2.36. The van der Waals surface area contributed by atoms with E-state index >= 15 is 0 Å². The molecule has 2 aliphatic rings. The van der Waals surface area contributed by atoms with Crippen molar-refractivity contribution < 1.29 is 9.53 Å². The Bertz CT molecular complexity index is 701. The number of piperidine rings is 1.